The zero-order chi connectivity index (χ0) is 11.5. The molecular weight excluding hydrogens is 202 g/mol. The lowest BCUT2D eigenvalue weighted by atomic mass is 10.0. The van der Waals surface area contributed by atoms with Crippen LogP contribution in [0.1, 0.15) is 18.9 Å². The monoisotopic (exact) mass is 219 g/mol. The van der Waals surface area contributed by atoms with Gasteiger partial charge in [-0.1, -0.05) is 30.3 Å². The lowest BCUT2D eigenvalue weighted by molar-refractivity contribution is -0.134. The van der Waals surface area contributed by atoms with Crippen molar-refractivity contribution in [2.45, 2.75) is 26.0 Å². The minimum absolute atomic E-state index is 0.0823. The molecule has 1 N–H and O–H groups in total. The van der Waals surface area contributed by atoms with Gasteiger partial charge in [0.05, 0.1) is 12.0 Å². The fourth-order valence-corrected chi connectivity index (χ4v) is 2.17. The molecule has 0 saturated carbocycles. The molecule has 1 unspecified atom stereocenters. The molecule has 1 saturated heterocycles. The van der Waals surface area contributed by atoms with Gasteiger partial charge in [0.2, 0.25) is 5.91 Å². The second kappa shape index (κ2) is 4.66. The number of hydrogen-bond donors (Lipinski definition) is 1. The summed E-state index contributed by atoms with van der Waals surface area (Å²) in [6, 6.07) is 9.95. The Labute approximate surface area is 95.7 Å². The highest BCUT2D eigenvalue weighted by Crippen LogP contribution is 2.22. The van der Waals surface area contributed by atoms with Gasteiger partial charge in [0.1, 0.15) is 0 Å². The number of aliphatic hydroxyl groups is 1. The largest absolute Gasteiger partial charge is 0.393 e. The van der Waals surface area contributed by atoms with Gasteiger partial charge in [-0.25, -0.2) is 0 Å². The molecule has 1 heterocycles. The molecule has 1 fully saturated rings. The van der Waals surface area contributed by atoms with Crippen molar-refractivity contribution >= 4 is 5.91 Å². The highest BCUT2D eigenvalue weighted by molar-refractivity contribution is 5.81. The number of amides is 1. The summed E-state index contributed by atoms with van der Waals surface area (Å²) in [5, 5.41) is 9.46. The number of rotatable bonds is 3. The van der Waals surface area contributed by atoms with Crippen molar-refractivity contribution < 1.29 is 9.90 Å². The summed E-state index contributed by atoms with van der Waals surface area (Å²) in [5.41, 5.74) is 1.14. The van der Waals surface area contributed by atoms with E-state index in [0.717, 1.165) is 18.5 Å². The molecule has 86 valence electrons. The molecule has 1 aliphatic rings. The van der Waals surface area contributed by atoms with Crippen molar-refractivity contribution in [2.24, 2.45) is 5.92 Å². The molecule has 0 aliphatic carbocycles. The van der Waals surface area contributed by atoms with Gasteiger partial charge in [0.15, 0.2) is 0 Å². The van der Waals surface area contributed by atoms with Gasteiger partial charge in [0, 0.05) is 13.1 Å². The Morgan fingerprint density at radius 1 is 1.44 bits per heavy atom. The van der Waals surface area contributed by atoms with E-state index < -0.39 is 6.10 Å². The molecular formula is C13H17NO2. The molecule has 2 atom stereocenters. The number of aliphatic hydroxyl groups excluding tert-OH is 1. The van der Waals surface area contributed by atoms with Gasteiger partial charge in [-0.3, -0.25) is 4.79 Å². The first-order chi connectivity index (χ1) is 7.68. The molecule has 1 aromatic rings. The van der Waals surface area contributed by atoms with Crippen LogP contribution in [0.3, 0.4) is 0 Å². The number of likely N-dealkylation sites (tertiary alicyclic amines) is 1. The predicted molar refractivity (Wildman–Crippen MR) is 61.6 cm³/mol. The summed E-state index contributed by atoms with van der Waals surface area (Å²) in [6.07, 6.45) is 0.233. The van der Waals surface area contributed by atoms with E-state index in [1.807, 2.05) is 35.2 Å². The zero-order valence-electron chi connectivity index (χ0n) is 9.47. The van der Waals surface area contributed by atoms with E-state index in [1.54, 1.807) is 6.92 Å². The third-order valence-corrected chi connectivity index (χ3v) is 3.14. The van der Waals surface area contributed by atoms with Gasteiger partial charge >= 0.3 is 0 Å². The SMILES string of the molecule is CC(O)[C@@H]1CCN(Cc2ccccc2)C1=O. The molecule has 3 nitrogen and oxygen atoms in total. The van der Waals surface area contributed by atoms with Gasteiger partial charge in [-0.2, -0.15) is 0 Å². The fraction of sp³-hybridized carbons (Fsp3) is 0.462. The number of hydrogen-bond acceptors (Lipinski definition) is 2. The van der Waals surface area contributed by atoms with Crippen LogP contribution in [-0.2, 0) is 11.3 Å². The highest BCUT2D eigenvalue weighted by Gasteiger charge is 2.34. The van der Waals surface area contributed by atoms with E-state index in [2.05, 4.69) is 0 Å². The Morgan fingerprint density at radius 2 is 2.12 bits per heavy atom. The van der Waals surface area contributed by atoms with E-state index in [-0.39, 0.29) is 11.8 Å². The molecule has 16 heavy (non-hydrogen) atoms. The number of carbonyl (C=O) groups is 1. The molecule has 0 spiro atoms. The van der Waals surface area contributed by atoms with Gasteiger partial charge in [-0.05, 0) is 18.9 Å². The zero-order valence-corrected chi connectivity index (χ0v) is 9.47. The second-order valence-corrected chi connectivity index (χ2v) is 4.38. The smallest absolute Gasteiger partial charge is 0.228 e. The van der Waals surface area contributed by atoms with E-state index in [9.17, 15) is 9.90 Å². The first-order valence-electron chi connectivity index (χ1n) is 5.69. The van der Waals surface area contributed by atoms with E-state index in [1.165, 1.54) is 0 Å². The average molecular weight is 219 g/mol. The van der Waals surface area contributed by atoms with Crippen LogP contribution >= 0.6 is 0 Å². The topological polar surface area (TPSA) is 40.5 Å². The van der Waals surface area contributed by atoms with Crippen LogP contribution < -0.4 is 0 Å². The molecule has 1 aromatic carbocycles. The summed E-state index contributed by atoms with van der Waals surface area (Å²) in [7, 11) is 0. The van der Waals surface area contributed by atoms with Crippen molar-refractivity contribution in [3.63, 3.8) is 0 Å². The lowest BCUT2D eigenvalue weighted by Crippen LogP contribution is -2.30. The number of benzene rings is 1. The molecule has 0 bridgehead atoms. The number of carbonyl (C=O) groups excluding carboxylic acids is 1. The van der Waals surface area contributed by atoms with Gasteiger partial charge in [0.25, 0.3) is 0 Å². The summed E-state index contributed by atoms with van der Waals surface area (Å²) in [5.74, 6) is -0.123. The minimum atomic E-state index is -0.534. The molecule has 1 aliphatic heterocycles. The Morgan fingerprint density at radius 3 is 2.69 bits per heavy atom. The molecule has 3 heteroatoms. The summed E-state index contributed by atoms with van der Waals surface area (Å²) >= 11 is 0. The minimum Gasteiger partial charge on any atom is -0.393 e. The fourth-order valence-electron chi connectivity index (χ4n) is 2.17. The summed E-state index contributed by atoms with van der Waals surface area (Å²) in [6.45, 7) is 3.10. The maximum absolute atomic E-state index is 11.9. The van der Waals surface area contributed by atoms with Crippen LogP contribution in [0.15, 0.2) is 30.3 Å². The Hall–Kier alpha value is -1.35. The first kappa shape index (κ1) is 11.1. The van der Waals surface area contributed by atoms with E-state index >= 15 is 0 Å². The van der Waals surface area contributed by atoms with Crippen LogP contribution in [0, 0.1) is 5.92 Å². The van der Waals surface area contributed by atoms with Crippen molar-refractivity contribution in [1.29, 1.82) is 0 Å². The maximum atomic E-state index is 11.9. The van der Waals surface area contributed by atoms with Crippen LogP contribution in [-0.4, -0.2) is 28.6 Å². The average Bonchev–Trinajstić information content (AvgIpc) is 2.62. The summed E-state index contributed by atoms with van der Waals surface area (Å²) in [4.78, 5) is 13.7. The van der Waals surface area contributed by atoms with E-state index in [0.29, 0.717) is 6.54 Å². The molecule has 2 rings (SSSR count). The van der Waals surface area contributed by atoms with E-state index in [4.69, 9.17) is 0 Å². The highest BCUT2D eigenvalue weighted by atomic mass is 16.3. The Bertz CT molecular complexity index is 361. The van der Waals surface area contributed by atoms with Crippen LogP contribution in [0.5, 0.6) is 0 Å². The third-order valence-electron chi connectivity index (χ3n) is 3.14. The van der Waals surface area contributed by atoms with Crippen molar-refractivity contribution in [1.82, 2.24) is 4.90 Å². The summed E-state index contributed by atoms with van der Waals surface area (Å²) < 4.78 is 0. The predicted octanol–water partition coefficient (Wildman–Crippen LogP) is 1.42. The normalized spacial score (nSPS) is 22.5. The maximum Gasteiger partial charge on any atom is 0.228 e. The van der Waals surface area contributed by atoms with Gasteiger partial charge in [-0.15, -0.1) is 0 Å². The van der Waals surface area contributed by atoms with Crippen LogP contribution in [0.4, 0.5) is 0 Å². The van der Waals surface area contributed by atoms with Crippen LogP contribution in [0.25, 0.3) is 0 Å². The molecule has 0 aromatic heterocycles. The van der Waals surface area contributed by atoms with Crippen molar-refractivity contribution in [3.8, 4) is 0 Å². The third kappa shape index (κ3) is 2.25. The standard InChI is InChI=1S/C13H17NO2/c1-10(15)12-7-8-14(13(12)16)9-11-5-3-2-4-6-11/h2-6,10,12,15H,7-9H2,1H3/t10?,12-/m0/s1. The number of nitrogens with zero attached hydrogens (tertiary/aromatic N) is 1. The first-order valence-corrected chi connectivity index (χ1v) is 5.69. The Balaban J connectivity index is 2.01. The van der Waals surface area contributed by atoms with Gasteiger partial charge < -0.3 is 10.0 Å². The van der Waals surface area contributed by atoms with Crippen molar-refractivity contribution in [2.75, 3.05) is 6.54 Å². The van der Waals surface area contributed by atoms with Crippen LogP contribution in [0.2, 0.25) is 0 Å². The Kier molecular flexibility index (Phi) is 3.25. The lowest BCUT2D eigenvalue weighted by Gasteiger charge is -2.17. The second-order valence-electron chi connectivity index (χ2n) is 4.38. The molecule has 0 radical (unpaired) electrons. The quantitative estimate of drug-likeness (QED) is 0.835. The van der Waals surface area contributed by atoms with Crippen molar-refractivity contribution in [3.05, 3.63) is 35.9 Å². The molecule has 1 amide bonds.